The maximum atomic E-state index is 13.8. The average Bonchev–Trinajstić information content (AvgIpc) is 3.01. The molecule has 0 radical (unpaired) electrons. The lowest BCUT2D eigenvalue weighted by atomic mass is 9.94. The van der Waals surface area contributed by atoms with Crippen LogP contribution in [0.3, 0.4) is 0 Å². The number of hydrogen-bond acceptors (Lipinski definition) is 2. The molecule has 0 aliphatic carbocycles. The zero-order valence-corrected chi connectivity index (χ0v) is 15.5. The van der Waals surface area contributed by atoms with Gasteiger partial charge in [-0.15, -0.1) is 0 Å². The van der Waals surface area contributed by atoms with Gasteiger partial charge in [-0.2, -0.15) is 5.10 Å². The third-order valence-electron chi connectivity index (χ3n) is 4.02. The van der Waals surface area contributed by atoms with Crippen molar-refractivity contribution in [2.45, 2.75) is 12.8 Å². The normalized spacial score (nSPS) is 11.2. The fourth-order valence-corrected chi connectivity index (χ4v) is 3.08. The molecular formula is C19H13Cl2F3N2O. The molecule has 0 amide bonds. The second-order valence-electron chi connectivity index (χ2n) is 5.93. The second-order valence-corrected chi connectivity index (χ2v) is 6.75. The number of aromatic nitrogens is 2. The van der Waals surface area contributed by atoms with Gasteiger partial charge in [-0.25, -0.2) is 13.2 Å². The first kappa shape index (κ1) is 19.5. The molecule has 0 aliphatic rings. The molecule has 0 aliphatic heterocycles. The Balaban J connectivity index is 2.01. The van der Waals surface area contributed by atoms with E-state index in [0.29, 0.717) is 21.7 Å². The van der Waals surface area contributed by atoms with Crippen LogP contribution < -0.4 is 0 Å². The average molecular weight is 413 g/mol. The number of rotatable bonds is 5. The number of nitrogens with zero attached hydrogens (tertiary/aromatic N) is 2. The van der Waals surface area contributed by atoms with Crippen molar-refractivity contribution in [2.75, 3.05) is 0 Å². The van der Waals surface area contributed by atoms with E-state index in [1.54, 1.807) is 18.2 Å². The Hall–Kier alpha value is -2.31. The van der Waals surface area contributed by atoms with E-state index >= 15 is 0 Å². The van der Waals surface area contributed by atoms with Crippen LogP contribution in [0.1, 0.15) is 28.0 Å². The van der Waals surface area contributed by atoms with Crippen LogP contribution in [0.2, 0.25) is 10.0 Å². The van der Waals surface area contributed by atoms with E-state index in [9.17, 15) is 18.0 Å². The fraction of sp³-hybridized carbons (Fsp3) is 0.158. The summed E-state index contributed by atoms with van der Waals surface area (Å²) in [6.07, 6.45) is -1.80. The van der Waals surface area contributed by atoms with Crippen LogP contribution in [0.5, 0.6) is 0 Å². The van der Waals surface area contributed by atoms with Crippen molar-refractivity contribution >= 4 is 29.0 Å². The van der Waals surface area contributed by atoms with E-state index < -0.39 is 23.7 Å². The summed E-state index contributed by atoms with van der Waals surface area (Å²) in [4.78, 5) is 12.6. The predicted octanol–water partition coefficient (Wildman–Crippen LogP) is 5.90. The molecular weight excluding hydrogens is 400 g/mol. The molecule has 140 valence electrons. The zero-order valence-electron chi connectivity index (χ0n) is 14.0. The lowest BCUT2D eigenvalue weighted by Gasteiger charge is -2.11. The first-order chi connectivity index (χ1) is 12.8. The van der Waals surface area contributed by atoms with E-state index in [1.807, 2.05) is 0 Å². The van der Waals surface area contributed by atoms with Gasteiger partial charge in [-0.1, -0.05) is 35.3 Å². The van der Waals surface area contributed by atoms with Gasteiger partial charge >= 0.3 is 0 Å². The number of halogens is 5. The van der Waals surface area contributed by atoms with Crippen LogP contribution in [-0.4, -0.2) is 15.6 Å². The molecule has 0 bridgehead atoms. The highest BCUT2D eigenvalue weighted by Crippen LogP contribution is 2.32. The highest BCUT2D eigenvalue weighted by molar-refractivity contribution is 6.42. The number of carbonyl (C=O) groups is 1. The summed E-state index contributed by atoms with van der Waals surface area (Å²) in [7, 11) is 1.46. The van der Waals surface area contributed by atoms with Crippen molar-refractivity contribution in [2.24, 2.45) is 7.05 Å². The SMILES string of the molecule is Cn1cc(C(=O)Cc2ccc(F)cc2-c2ccc(Cl)c(Cl)c2)c(C(F)F)n1. The number of hydrogen-bond donors (Lipinski definition) is 0. The largest absolute Gasteiger partial charge is 0.294 e. The molecule has 0 atom stereocenters. The number of aryl methyl sites for hydroxylation is 1. The van der Waals surface area contributed by atoms with E-state index in [4.69, 9.17) is 23.2 Å². The molecule has 3 nitrogen and oxygen atoms in total. The standard InChI is InChI=1S/C19H13Cl2F3N2O/c1-26-9-14(18(25-26)19(23)24)17(27)7-11-2-4-12(22)8-13(11)10-3-5-15(20)16(21)6-10/h2-6,8-9,19H,7H2,1H3. The summed E-state index contributed by atoms with van der Waals surface area (Å²) in [5, 5.41) is 4.26. The molecule has 0 spiro atoms. The molecule has 3 aromatic rings. The number of benzene rings is 2. The van der Waals surface area contributed by atoms with Crippen LogP contribution in [-0.2, 0) is 13.5 Å². The first-order valence-corrected chi connectivity index (χ1v) is 8.60. The first-order valence-electron chi connectivity index (χ1n) is 7.85. The summed E-state index contributed by atoms with van der Waals surface area (Å²) in [5.74, 6) is -1.03. The minimum atomic E-state index is -2.87. The van der Waals surface area contributed by atoms with Gasteiger partial charge < -0.3 is 0 Å². The van der Waals surface area contributed by atoms with E-state index in [1.165, 1.54) is 36.1 Å². The predicted molar refractivity (Wildman–Crippen MR) is 98.1 cm³/mol. The van der Waals surface area contributed by atoms with E-state index in [2.05, 4.69) is 5.10 Å². The van der Waals surface area contributed by atoms with Crippen molar-refractivity contribution in [1.29, 1.82) is 0 Å². The van der Waals surface area contributed by atoms with Gasteiger partial charge in [-0.3, -0.25) is 9.48 Å². The molecule has 0 fully saturated rings. The van der Waals surface area contributed by atoms with Gasteiger partial charge in [0.25, 0.3) is 6.43 Å². The minimum Gasteiger partial charge on any atom is -0.294 e. The maximum Gasteiger partial charge on any atom is 0.282 e. The second kappa shape index (κ2) is 7.74. The molecule has 0 N–H and O–H groups in total. The smallest absolute Gasteiger partial charge is 0.282 e. The lowest BCUT2D eigenvalue weighted by Crippen LogP contribution is -2.07. The van der Waals surface area contributed by atoms with Crippen molar-refractivity contribution in [3.63, 3.8) is 0 Å². The highest BCUT2D eigenvalue weighted by Gasteiger charge is 2.23. The Bertz CT molecular complexity index is 1020. The summed E-state index contributed by atoms with van der Waals surface area (Å²) < 4.78 is 41.2. The van der Waals surface area contributed by atoms with E-state index in [0.717, 1.165) is 0 Å². The number of alkyl halides is 2. The molecule has 2 aromatic carbocycles. The maximum absolute atomic E-state index is 13.8. The highest BCUT2D eigenvalue weighted by atomic mass is 35.5. The summed E-state index contributed by atoms with van der Waals surface area (Å²) in [6, 6.07) is 8.68. The molecule has 0 saturated carbocycles. The van der Waals surface area contributed by atoms with Gasteiger partial charge in [0.05, 0.1) is 15.6 Å². The van der Waals surface area contributed by atoms with Gasteiger partial charge in [0, 0.05) is 19.7 Å². The topological polar surface area (TPSA) is 34.9 Å². The fourth-order valence-electron chi connectivity index (χ4n) is 2.79. The third kappa shape index (κ3) is 4.17. The van der Waals surface area contributed by atoms with Crippen molar-refractivity contribution in [1.82, 2.24) is 9.78 Å². The van der Waals surface area contributed by atoms with Crippen LogP contribution in [0.25, 0.3) is 11.1 Å². The van der Waals surface area contributed by atoms with Gasteiger partial charge in [-0.05, 0) is 41.0 Å². The van der Waals surface area contributed by atoms with Gasteiger partial charge in [0.15, 0.2) is 5.78 Å². The van der Waals surface area contributed by atoms with Gasteiger partial charge in [0.1, 0.15) is 11.5 Å². The minimum absolute atomic E-state index is 0.156. The Morgan fingerprint density at radius 3 is 2.56 bits per heavy atom. The molecule has 1 heterocycles. The zero-order chi connectivity index (χ0) is 19.7. The lowest BCUT2D eigenvalue weighted by molar-refractivity contribution is 0.0978. The van der Waals surface area contributed by atoms with Crippen LogP contribution in [0.4, 0.5) is 13.2 Å². The Morgan fingerprint density at radius 2 is 1.89 bits per heavy atom. The van der Waals surface area contributed by atoms with Crippen LogP contribution in [0.15, 0.2) is 42.6 Å². The molecule has 27 heavy (non-hydrogen) atoms. The molecule has 1 aromatic heterocycles. The number of ketones is 1. The molecule has 0 saturated heterocycles. The summed E-state index contributed by atoms with van der Waals surface area (Å²) in [5.41, 5.74) is 0.748. The summed E-state index contributed by atoms with van der Waals surface area (Å²) >= 11 is 11.9. The molecule has 8 heteroatoms. The number of Topliss-reactive ketones (excluding diaryl/α,β-unsaturated/α-hetero) is 1. The van der Waals surface area contributed by atoms with Gasteiger partial charge in [0.2, 0.25) is 0 Å². The van der Waals surface area contributed by atoms with E-state index in [-0.39, 0.29) is 17.0 Å². The quantitative estimate of drug-likeness (QED) is 0.489. The third-order valence-corrected chi connectivity index (χ3v) is 4.76. The Labute approximate surface area is 163 Å². The Morgan fingerprint density at radius 1 is 1.15 bits per heavy atom. The summed E-state index contributed by atoms with van der Waals surface area (Å²) in [6.45, 7) is 0. The van der Waals surface area contributed by atoms with Crippen molar-refractivity contribution < 1.29 is 18.0 Å². The van der Waals surface area contributed by atoms with Crippen molar-refractivity contribution in [3.05, 3.63) is 75.3 Å². The van der Waals surface area contributed by atoms with Crippen LogP contribution in [0, 0.1) is 5.82 Å². The Kier molecular flexibility index (Phi) is 5.58. The molecule has 3 rings (SSSR count). The monoisotopic (exact) mass is 412 g/mol. The molecule has 0 unspecified atom stereocenters. The number of carbonyl (C=O) groups excluding carboxylic acids is 1. The van der Waals surface area contributed by atoms with Crippen LogP contribution >= 0.6 is 23.2 Å². The van der Waals surface area contributed by atoms with Crippen molar-refractivity contribution in [3.8, 4) is 11.1 Å².